The number of rotatable bonds is 6. The Labute approximate surface area is 136 Å². The van der Waals surface area contributed by atoms with E-state index in [2.05, 4.69) is 5.32 Å². The molecule has 23 heavy (non-hydrogen) atoms. The Morgan fingerprint density at radius 2 is 1.74 bits per heavy atom. The van der Waals surface area contributed by atoms with Gasteiger partial charge in [-0.25, -0.2) is 4.39 Å². The number of halogens is 1. The Balaban J connectivity index is 1.83. The summed E-state index contributed by atoms with van der Waals surface area (Å²) in [7, 11) is 0. The molecule has 1 unspecified atom stereocenters. The van der Waals surface area contributed by atoms with E-state index in [0.29, 0.717) is 18.4 Å². The quantitative estimate of drug-likeness (QED) is 0.860. The van der Waals surface area contributed by atoms with Gasteiger partial charge >= 0.3 is 0 Å². The van der Waals surface area contributed by atoms with E-state index in [1.54, 1.807) is 6.92 Å². The number of nitrogens with one attached hydrogen (secondary N) is 1. The molecule has 0 aliphatic carbocycles. The van der Waals surface area contributed by atoms with Crippen LogP contribution in [0.4, 0.5) is 4.39 Å². The molecule has 2 N–H and O–H groups in total. The van der Waals surface area contributed by atoms with Crippen molar-refractivity contribution in [1.29, 1.82) is 0 Å². The number of benzene rings is 2. The van der Waals surface area contributed by atoms with Crippen LogP contribution in [-0.2, 0) is 16.8 Å². The van der Waals surface area contributed by atoms with Crippen LogP contribution in [0.1, 0.15) is 30.0 Å². The Hall–Kier alpha value is -2.20. The molecule has 3 nitrogen and oxygen atoms in total. The molecule has 0 bridgehead atoms. The van der Waals surface area contributed by atoms with Crippen LogP contribution in [0.15, 0.2) is 48.5 Å². The third kappa shape index (κ3) is 5.18. The molecule has 0 fully saturated rings. The van der Waals surface area contributed by atoms with Crippen molar-refractivity contribution in [2.45, 2.75) is 32.3 Å². The monoisotopic (exact) mass is 315 g/mol. The highest BCUT2D eigenvalue weighted by molar-refractivity contribution is 5.76. The molecule has 0 saturated heterocycles. The van der Waals surface area contributed by atoms with Gasteiger partial charge < -0.3 is 10.4 Å². The van der Waals surface area contributed by atoms with Crippen LogP contribution in [0, 0.1) is 12.7 Å². The van der Waals surface area contributed by atoms with Gasteiger partial charge in [-0.2, -0.15) is 0 Å². The van der Waals surface area contributed by atoms with E-state index in [0.717, 1.165) is 5.56 Å². The van der Waals surface area contributed by atoms with E-state index in [1.165, 1.54) is 29.8 Å². The molecule has 4 heteroatoms. The van der Waals surface area contributed by atoms with E-state index in [1.807, 2.05) is 31.2 Å². The first kappa shape index (κ1) is 17.2. The number of hydrogen-bond acceptors (Lipinski definition) is 2. The minimum Gasteiger partial charge on any atom is -0.384 e. The maximum atomic E-state index is 12.9. The zero-order valence-corrected chi connectivity index (χ0v) is 13.5. The van der Waals surface area contributed by atoms with Gasteiger partial charge in [0, 0.05) is 6.42 Å². The fraction of sp³-hybridized carbons (Fsp3) is 0.316. The third-order valence-corrected chi connectivity index (χ3v) is 3.86. The lowest BCUT2D eigenvalue weighted by molar-refractivity contribution is -0.122. The van der Waals surface area contributed by atoms with E-state index in [9.17, 15) is 14.3 Å². The van der Waals surface area contributed by atoms with Gasteiger partial charge in [-0.1, -0.05) is 42.0 Å². The molecule has 1 atom stereocenters. The summed E-state index contributed by atoms with van der Waals surface area (Å²) < 4.78 is 12.9. The number of aryl methyl sites for hydroxylation is 2. The summed E-state index contributed by atoms with van der Waals surface area (Å²) in [5, 5.41) is 13.1. The Morgan fingerprint density at radius 3 is 2.35 bits per heavy atom. The van der Waals surface area contributed by atoms with Crippen LogP contribution in [0.3, 0.4) is 0 Å². The van der Waals surface area contributed by atoms with Crippen LogP contribution >= 0.6 is 0 Å². The predicted octanol–water partition coefficient (Wildman–Crippen LogP) is 3.09. The van der Waals surface area contributed by atoms with Crippen LogP contribution in [0.5, 0.6) is 0 Å². The maximum Gasteiger partial charge on any atom is 0.220 e. The van der Waals surface area contributed by atoms with E-state index >= 15 is 0 Å². The fourth-order valence-electron chi connectivity index (χ4n) is 2.28. The lowest BCUT2D eigenvalue weighted by Gasteiger charge is -2.24. The van der Waals surface area contributed by atoms with Gasteiger partial charge in [-0.05, 0) is 43.5 Å². The third-order valence-electron chi connectivity index (χ3n) is 3.86. The van der Waals surface area contributed by atoms with Crippen LogP contribution in [-0.4, -0.2) is 17.6 Å². The topological polar surface area (TPSA) is 49.3 Å². The van der Waals surface area contributed by atoms with Crippen LogP contribution in [0.2, 0.25) is 0 Å². The summed E-state index contributed by atoms with van der Waals surface area (Å²) >= 11 is 0. The Kier molecular flexibility index (Phi) is 5.50. The van der Waals surface area contributed by atoms with Crippen LogP contribution in [0.25, 0.3) is 0 Å². The van der Waals surface area contributed by atoms with E-state index in [-0.39, 0.29) is 18.3 Å². The number of amides is 1. The second-order valence-electron chi connectivity index (χ2n) is 6.04. The average molecular weight is 315 g/mol. The SMILES string of the molecule is Cc1ccc(CCC(=O)NCC(C)(O)c2ccc(F)cc2)cc1. The summed E-state index contributed by atoms with van der Waals surface area (Å²) in [6, 6.07) is 13.7. The van der Waals surface area contributed by atoms with Crippen LogP contribution < -0.4 is 5.32 Å². The summed E-state index contributed by atoms with van der Waals surface area (Å²) in [4.78, 5) is 11.9. The predicted molar refractivity (Wildman–Crippen MR) is 88.5 cm³/mol. The minimum atomic E-state index is -1.23. The van der Waals surface area contributed by atoms with Gasteiger partial charge in [0.2, 0.25) is 5.91 Å². The first-order valence-electron chi connectivity index (χ1n) is 7.67. The van der Waals surface area contributed by atoms with Gasteiger partial charge in [-0.3, -0.25) is 4.79 Å². The van der Waals surface area contributed by atoms with Crippen molar-refractivity contribution in [3.8, 4) is 0 Å². The lowest BCUT2D eigenvalue weighted by Crippen LogP contribution is -2.38. The molecule has 0 radical (unpaired) electrons. The summed E-state index contributed by atoms with van der Waals surface area (Å²) in [5.74, 6) is -0.473. The first-order chi connectivity index (χ1) is 10.9. The standard InChI is InChI=1S/C19H22FNO2/c1-14-3-5-15(6-4-14)7-12-18(22)21-13-19(2,23)16-8-10-17(20)11-9-16/h3-6,8-11,23H,7,12-13H2,1-2H3,(H,21,22). The largest absolute Gasteiger partial charge is 0.384 e. The molecule has 122 valence electrons. The molecule has 2 rings (SSSR count). The summed E-state index contributed by atoms with van der Waals surface area (Å²) in [6.45, 7) is 3.71. The van der Waals surface area contributed by atoms with Crippen molar-refractivity contribution >= 4 is 5.91 Å². The molecule has 0 saturated carbocycles. The zero-order chi connectivity index (χ0) is 16.9. The van der Waals surface area contributed by atoms with Gasteiger partial charge in [0.05, 0.1) is 6.54 Å². The molecule has 1 amide bonds. The van der Waals surface area contributed by atoms with Gasteiger partial charge in [0.25, 0.3) is 0 Å². The molecule has 2 aromatic carbocycles. The number of carbonyl (C=O) groups is 1. The molecule has 0 aromatic heterocycles. The fourth-order valence-corrected chi connectivity index (χ4v) is 2.28. The smallest absolute Gasteiger partial charge is 0.220 e. The lowest BCUT2D eigenvalue weighted by atomic mass is 9.96. The highest BCUT2D eigenvalue weighted by Crippen LogP contribution is 2.20. The molecule has 0 heterocycles. The van der Waals surface area contributed by atoms with Crippen molar-refractivity contribution < 1.29 is 14.3 Å². The van der Waals surface area contributed by atoms with E-state index in [4.69, 9.17) is 0 Å². The maximum absolute atomic E-state index is 12.9. The molecule has 2 aromatic rings. The normalized spacial score (nSPS) is 13.4. The first-order valence-corrected chi connectivity index (χ1v) is 7.67. The molecule has 0 aliphatic rings. The van der Waals surface area contributed by atoms with Gasteiger partial charge in [0.1, 0.15) is 11.4 Å². The Bertz CT molecular complexity index is 648. The molecule has 0 aliphatic heterocycles. The molecular formula is C19H22FNO2. The van der Waals surface area contributed by atoms with Gasteiger partial charge in [0.15, 0.2) is 0 Å². The minimum absolute atomic E-state index is 0.0887. The van der Waals surface area contributed by atoms with E-state index < -0.39 is 5.60 Å². The number of carbonyl (C=O) groups excluding carboxylic acids is 1. The number of aliphatic hydroxyl groups is 1. The second kappa shape index (κ2) is 7.38. The van der Waals surface area contributed by atoms with Crippen molar-refractivity contribution in [2.75, 3.05) is 6.54 Å². The van der Waals surface area contributed by atoms with Crippen molar-refractivity contribution in [1.82, 2.24) is 5.32 Å². The summed E-state index contributed by atoms with van der Waals surface area (Å²) in [6.07, 6.45) is 1.02. The molecular weight excluding hydrogens is 293 g/mol. The summed E-state index contributed by atoms with van der Waals surface area (Å²) in [5.41, 5.74) is 1.63. The highest BCUT2D eigenvalue weighted by atomic mass is 19.1. The number of hydrogen-bond donors (Lipinski definition) is 2. The average Bonchev–Trinajstić information content (AvgIpc) is 2.53. The van der Waals surface area contributed by atoms with Crippen molar-refractivity contribution in [3.63, 3.8) is 0 Å². The zero-order valence-electron chi connectivity index (χ0n) is 13.5. The van der Waals surface area contributed by atoms with Gasteiger partial charge in [-0.15, -0.1) is 0 Å². The Morgan fingerprint density at radius 1 is 1.13 bits per heavy atom. The second-order valence-corrected chi connectivity index (χ2v) is 6.04. The highest BCUT2D eigenvalue weighted by Gasteiger charge is 2.23. The van der Waals surface area contributed by atoms with Crippen molar-refractivity contribution in [3.05, 3.63) is 71.0 Å². The van der Waals surface area contributed by atoms with Crippen molar-refractivity contribution in [2.24, 2.45) is 0 Å². The molecule has 0 spiro atoms.